The van der Waals surface area contributed by atoms with Crippen LogP contribution >= 0.6 is 0 Å². The van der Waals surface area contributed by atoms with Crippen LogP contribution < -0.4 is 30.5 Å². The Morgan fingerprint density at radius 3 is 2.67 bits per heavy atom. The number of benzene rings is 1. The Morgan fingerprint density at radius 2 is 1.97 bits per heavy atom. The smallest absolute Gasteiger partial charge is 0.342 e. The molecular formula is C26H32F3N7O3. The van der Waals surface area contributed by atoms with E-state index in [2.05, 4.69) is 25.9 Å². The number of amides is 2. The van der Waals surface area contributed by atoms with Crippen molar-refractivity contribution in [2.75, 3.05) is 48.9 Å². The summed E-state index contributed by atoms with van der Waals surface area (Å²) < 4.78 is 50.2. The van der Waals surface area contributed by atoms with Crippen LogP contribution in [-0.2, 0) is 4.79 Å². The molecule has 1 unspecified atom stereocenters. The molecule has 13 heteroatoms. The molecule has 1 aromatic carbocycles. The fourth-order valence-electron chi connectivity index (χ4n) is 5.46. The molecular weight excluding hydrogens is 515 g/mol. The maximum atomic E-state index is 15.1. The van der Waals surface area contributed by atoms with E-state index in [0.29, 0.717) is 19.4 Å². The zero-order valence-corrected chi connectivity index (χ0v) is 21.9. The third kappa shape index (κ3) is 5.45. The quantitative estimate of drug-likeness (QED) is 0.506. The first-order valence-electron chi connectivity index (χ1n) is 13.1. The monoisotopic (exact) mass is 547 g/mol. The van der Waals surface area contributed by atoms with E-state index in [1.165, 1.54) is 31.3 Å². The van der Waals surface area contributed by atoms with E-state index >= 15 is 4.39 Å². The molecule has 0 spiro atoms. The highest BCUT2D eigenvalue weighted by Crippen LogP contribution is 2.40. The fourth-order valence-corrected chi connectivity index (χ4v) is 5.46. The van der Waals surface area contributed by atoms with Crippen molar-refractivity contribution in [3.63, 3.8) is 0 Å². The van der Waals surface area contributed by atoms with Crippen molar-refractivity contribution < 1.29 is 27.5 Å². The third-order valence-electron chi connectivity index (χ3n) is 7.55. The van der Waals surface area contributed by atoms with Gasteiger partial charge in [0.15, 0.2) is 5.82 Å². The Morgan fingerprint density at radius 1 is 1.21 bits per heavy atom. The lowest BCUT2D eigenvalue weighted by atomic mass is 10.1. The highest BCUT2D eigenvalue weighted by molar-refractivity contribution is 6.02. The zero-order valence-electron chi connectivity index (χ0n) is 21.9. The second kappa shape index (κ2) is 10.9. The van der Waals surface area contributed by atoms with Gasteiger partial charge >= 0.3 is 5.92 Å². The molecule has 2 aliphatic heterocycles. The molecule has 3 heterocycles. The van der Waals surface area contributed by atoms with E-state index in [0.717, 1.165) is 43.2 Å². The summed E-state index contributed by atoms with van der Waals surface area (Å²) in [5, 5.41) is 8.93. The molecule has 1 atom stereocenters. The van der Waals surface area contributed by atoms with Gasteiger partial charge in [-0.1, -0.05) is 12.8 Å². The number of rotatable bonds is 6. The molecule has 10 nitrogen and oxygen atoms in total. The number of carbonyl (C=O) groups is 2. The van der Waals surface area contributed by atoms with Gasteiger partial charge in [0.2, 0.25) is 5.95 Å². The van der Waals surface area contributed by atoms with Gasteiger partial charge < -0.3 is 30.5 Å². The molecule has 0 bridgehead atoms. The number of ether oxygens (including phenoxy) is 1. The summed E-state index contributed by atoms with van der Waals surface area (Å²) in [7, 11) is 2.66. The first-order valence-corrected chi connectivity index (χ1v) is 13.1. The number of fused-ring (bicyclic) bond motifs is 1. The molecule has 2 fully saturated rings. The van der Waals surface area contributed by atoms with E-state index in [4.69, 9.17) is 4.74 Å². The summed E-state index contributed by atoms with van der Waals surface area (Å²) in [5.74, 6) is -5.86. The Bertz CT molecular complexity index is 1250. The lowest BCUT2D eigenvalue weighted by Crippen LogP contribution is -2.48. The van der Waals surface area contributed by atoms with Gasteiger partial charge in [-0.05, 0) is 38.3 Å². The average molecular weight is 548 g/mol. The van der Waals surface area contributed by atoms with Crippen LogP contribution in [0.5, 0.6) is 5.75 Å². The van der Waals surface area contributed by atoms with Crippen molar-refractivity contribution in [2.45, 2.75) is 56.5 Å². The van der Waals surface area contributed by atoms with Crippen molar-refractivity contribution in [2.24, 2.45) is 0 Å². The van der Waals surface area contributed by atoms with Crippen molar-refractivity contribution in [3.8, 4) is 5.75 Å². The normalized spacial score (nSPS) is 21.4. The van der Waals surface area contributed by atoms with E-state index < -0.39 is 30.1 Å². The van der Waals surface area contributed by atoms with E-state index in [9.17, 15) is 18.4 Å². The number of carbonyl (C=O) groups excluding carboxylic acids is 2. The maximum Gasteiger partial charge on any atom is 0.342 e. The summed E-state index contributed by atoms with van der Waals surface area (Å²) >= 11 is 0. The third-order valence-corrected chi connectivity index (χ3v) is 7.55. The number of hydrogen-bond acceptors (Lipinski definition) is 8. The molecule has 3 aliphatic rings. The molecule has 3 N–H and O–H groups in total. The van der Waals surface area contributed by atoms with Crippen LogP contribution in [0.15, 0.2) is 18.3 Å². The number of nitrogens with one attached hydrogen (secondary N) is 3. The summed E-state index contributed by atoms with van der Waals surface area (Å²) in [6, 6.07) is 2.12. The molecule has 1 saturated carbocycles. The Balaban J connectivity index is 1.44. The van der Waals surface area contributed by atoms with Crippen LogP contribution in [-0.4, -0.2) is 73.6 Å². The molecule has 39 heavy (non-hydrogen) atoms. The molecule has 1 aliphatic carbocycles. The van der Waals surface area contributed by atoms with Gasteiger partial charge in [0.1, 0.15) is 17.3 Å². The Hall–Kier alpha value is -3.61. The Labute approximate surface area is 224 Å². The van der Waals surface area contributed by atoms with Gasteiger partial charge in [-0.2, -0.15) is 13.8 Å². The maximum absolute atomic E-state index is 15.1. The summed E-state index contributed by atoms with van der Waals surface area (Å²) in [4.78, 5) is 36.3. The van der Waals surface area contributed by atoms with Crippen LogP contribution in [0.1, 0.15) is 48.9 Å². The van der Waals surface area contributed by atoms with Gasteiger partial charge in [0, 0.05) is 31.7 Å². The second-order valence-corrected chi connectivity index (χ2v) is 10.2. The minimum absolute atomic E-state index is 0.00555. The number of halogens is 3. The van der Waals surface area contributed by atoms with E-state index in [-0.39, 0.29) is 46.5 Å². The predicted octanol–water partition coefficient (Wildman–Crippen LogP) is 3.21. The van der Waals surface area contributed by atoms with Crippen LogP contribution in [0.4, 0.5) is 36.3 Å². The Kier molecular flexibility index (Phi) is 7.52. The van der Waals surface area contributed by atoms with Gasteiger partial charge in [-0.25, -0.2) is 9.37 Å². The van der Waals surface area contributed by atoms with Crippen molar-refractivity contribution in [3.05, 3.63) is 29.7 Å². The average Bonchev–Trinajstić information content (AvgIpc) is 3.44. The highest BCUT2D eigenvalue weighted by Gasteiger charge is 2.48. The molecule has 210 valence electrons. The number of nitrogens with zero attached hydrogens (tertiary/aromatic N) is 4. The highest BCUT2D eigenvalue weighted by atomic mass is 19.3. The van der Waals surface area contributed by atoms with Crippen molar-refractivity contribution in [1.82, 2.24) is 20.6 Å². The topological polar surface area (TPSA) is 112 Å². The minimum Gasteiger partial charge on any atom is -0.495 e. The van der Waals surface area contributed by atoms with Crippen molar-refractivity contribution >= 4 is 35.0 Å². The minimum atomic E-state index is -3.60. The summed E-state index contributed by atoms with van der Waals surface area (Å²) in [5.41, 5.74) is 0.152. The second-order valence-electron chi connectivity index (χ2n) is 10.2. The predicted molar refractivity (Wildman–Crippen MR) is 140 cm³/mol. The van der Waals surface area contributed by atoms with Crippen LogP contribution in [0.25, 0.3) is 0 Å². The van der Waals surface area contributed by atoms with Gasteiger partial charge in [0.05, 0.1) is 31.1 Å². The van der Waals surface area contributed by atoms with Crippen LogP contribution in [0.2, 0.25) is 0 Å². The van der Waals surface area contributed by atoms with E-state index in [1.54, 1.807) is 0 Å². The largest absolute Gasteiger partial charge is 0.495 e. The lowest BCUT2D eigenvalue weighted by Gasteiger charge is -2.31. The summed E-state index contributed by atoms with van der Waals surface area (Å²) in [6.07, 6.45) is 6.23. The summed E-state index contributed by atoms with van der Waals surface area (Å²) in [6.45, 7) is 0.708. The lowest BCUT2D eigenvalue weighted by molar-refractivity contribution is -0.140. The van der Waals surface area contributed by atoms with Crippen molar-refractivity contribution in [1.29, 1.82) is 0 Å². The van der Waals surface area contributed by atoms with Gasteiger partial charge in [-0.3, -0.25) is 9.59 Å². The first kappa shape index (κ1) is 27.0. The first-order chi connectivity index (χ1) is 18.7. The zero-order chi connectivity index (χ0) is 27.7. The van der Waals surface area contributed by atoms with Gasteiger partial charge in [0.25, 0.3) is 11.8 Å². The number of methoxy groups -OCH3 is 1. The number of alkyl halides is 2. The van der Waals surface area contributed by atoms with Crippen LogP contribution in [0, 0.1) is 5.82 Å². The fraction of sp³-hybridized carbons (Fsp3) is 0.538. The number of aromatic nitrogens is 2. The molecule has 1 aromatic heterocycles. The van der Waals surface area contributed by atoms with Gasteiger partial charge in [-0.15, -0.1) is 0 Å². The number of piperidine rings is 1. The number of hydrogen-bond donors (Lipinski definition) is 3. The molecule has 1 saturated heterocycles. The molecule has 0 radical (unpaired) electrons. The standard InChI is InChI=1S/C26H32F3N7O3/c1-35-20-13-31-25(34-22(20)36(16-7-3-4-8-16)14-26(28,29)24(35)38)33-19-11-18(27)17(10-21(19)39-2)23(37)32-15-6-5-9-30-12-15/h10-11,13,15-16,30H,3-9,12,14H2,1-2H3,(H,32,37)(H,31,33,34). The van der Waals surface area contributed by atoms with Crippen LogP contribution in [0.3, 0.4) is 0 Å². The number of anilines is 4. The van der Waals surface area contributed by atoms with E-state index in [1.807, 2.05) is 0 Å². The SMILES string of the molecule is COc1cc(C(=O)NC2CCCNC2)c(F)cc1Nc1ncc2c(n1)N(C1CCCC1)CC(F)(F)C(=O)N2C. The molecule has 5 rings (SSSR count). The molecule has 2 aromatic rings. The molecule has 2 amide bonds.